The highest BCUT2D eigenvalue weighted by molar-refractivity contribution is 7.88. The molecule has 1 saturated carbocycles. The number of amides is 1. The van der Waals surface area contributed by atoms with Crippen LogP contribution in [-0.2, 0) is 20.6 Å². The maximum atomic E-state index is 12.5. The minimum Gasteiger partial charge on any atom is -0.346 e. The van der Waals surface area contributed by atoms with Gasteiger partial charge in [0.2, 0.25) is 10.0 Å². The van der Waals surface area contributed by atoms with Crippen LogP contribution >= 0.6 is 0 Å². The minimum atomic E-state index is -3.61. The first-order valence-electron chi connectivity index (χ1n) is 8.89. The molecule has 3 N–H and O–H groups in total. The van der Waals surface area contributed by atoms with Crippen molar-refractivity contribution in [3.63, 3.8) is 0 Å². The number of hydrogen-bond acceptors (Lipinski definition) is 4. The van der Waals surface area contributed by atoms with E-state index in [0.29, 0.717) is 17.3 Å². The van der Waals surface area contributed by atoms with Crippen LogP contribution in [0.3, 0.4) is 0 Å². The smallest absolute Gasteiger partial charge is 0.266 e. The van der Waals surface area contributed by atoms with E-state index >= 15 is 0 Å². The van der Waals surface area contributed by atoms with Gasteiger partial charge in [0.1, 0.15) is 11.6 Å². The van der Waals surface area contributed by atoms with Crippen LogP contribution in [0.15, 0.2) is 35.9 Å². The molecule has 0 unspecified atom stereocenters. The maximum Gasteiger partial charge on any atom is 0.266 e. The van der Waals surface area contributed by atoms with Gasteiger partial charge < -0.3 is 9.88 Å². The fourth-order valence-corrected chi connectivity index (χ4v) is 3.92. The Bertz CT molecular complexity index is 1090. The lowest BCUT2D eigenvalue weighted by atomic mass is 10.1. The number of rotatable bonds is 6. The van der Waals surface area contributed by atoms with Crippen molar-refractivity contribution in [2.24, 2.45) is 5.14 Å². The van der Waals surface area contributed by atoms with Gasteiger partial charge >= 0.3 is 0 Å². The van der Waals surface area contributed by atoms with Gasteiger partial charge in [-0.3, -0.25) is 4.79 Å². The predicted octanol–water partition coefficient (Wildman–Crippen LogP) is 2.77. The molecule has 1 aliphatic carbocycles. The largest absolute Gasteiger partial charge is 0.346 e. The number of nitrogens with two attached hydrogens (primary N) is 1. The van der Waals surface area contributed by atoms with E-state index < -0.39 is 15.9 Å². The van der Waals surface area contributed by atoms with E-state index in [1.165, 1.54) is 0 Å². The number of aryl methyl sites for hydroxylation is 1. The zero-order chi connectivity index (χ0) is 20.5. The Morgan fingerprint density at radius 3 is 2.50 bits per heavy atom. The Hall–Kier alpha value is -2.89. The number of primary sulfonamides is 1. The lowest BCUT2D eigenvalue weighted by Crippen LogP contribution is -2.15. The average molecular weight is 398 g/mol. The molecule has 7 nitrogen and oxygen atoms in total. The van der Waals surface area contributed by atoms with E-state index in [1.54, 1.807) is 30.3 Å². The summed E-state index contributed by atoms with van der Waals surface area (Å²) in [6.07, 6.45) is 3.92. The van der Waals surface area contributed by atoms with Crippen LogP contribution in [0.25, 0.3) is 6.08 Å². The van der Waals surface area contributed by atoms with E-state index in [9.17, 15) is 18.5 Å². The summed E-state index contributed by atoms with van der Waals surface area (Å²) in [5, 5.41) is 17.1. The van der Waals surface area contributed by atoms with Gasteiger partial charge in [0.25, 0.3) is 5.91 Å². The van der Waals surface area contributed by atoms with Gasteiger partial charge in [-0.25, -0.2) is 13.6 Å². The topological polar surface area (TPSA) is 118 Å². The average Bonchev–Trinajstić information content (AvgIpc) is 3.39. The van der Waals surface area contributed by atoms with Crippen molar-refractivity contribution < 1.29 is 13.2 Å². The predicted molar refractivity (Wildman–Crippen MR) is 108 cm³/mol. The summed E-state index contributed by atoms with van der Waals surface area (Å²) >= 11 is 0. The second kappa shape index (κ2) is 7.62. The number of anilines is 1. The van der Waals surface area contributed by atoms with Crippen LogP contribution in [0.2, 0.25) is 0 Å². The van der Waals surface area contributed by atoms with E-state index in [2.05, 4.69) is 9.88 Å². The lowest BCUT2D eigenvalue weighted by molar-refractivity contribution is -0.112. The molecule has 0 spiro atoms. The van der Waals surface area contributed by atoms with Crippen LogP contribution in [0.5, 0.6) is 0 Å². The zero-order valence-electron chi connectivity index (χ0n) is 15.8. The molecule has 1 aromatic carbocycles. The van der Waals surface area contributed by atoms with Gasteiger partial charge in [-0.1, -0.05) is 12.1 Å². The molecule has 0 saturated heterocycles. The number of aromatic nitrogens is 1. The molecule has 0 aliphatic heterocycles. The molecule has 146 valence electrons. The first kappa shape index (κ1) is 19.9. The van der Waals surface area contributed by atoms with Gasteiger partial charge in [-0.15, -0.1) is 0 Å². The van der Waals surface area contributed by atoms with Crippen molar-refractivity contribution in [3.8, 4) is 6.07 Å². The standard InChI is InChI=1S/C20H22N4O3S/c1-13-9-16(14(2)24(13)19-7-8-19)10-17(11-21)20(25)23-18-5-3-15(4-6-18)12-28(22,26)27/h3-6,9-10,19H,7-8,12H2,1-2H3,(H,23,25)(H2,22,26,27)/b17-10+. The molecule has 3 rings (SSSR count). The van der Waals surface area contributed by atoms with Crippen LogP contribution in [-0.4, -0.2) is 18.9 Å². The number of nitrogens with zero attached hydrogens (tertiary/aromatic N) is 2. The molecular weight excluding hydrogens is 376 g/mol. The van der Waals surface area contributed by atoms with Crippen molar-refractivity contribution in [2.75, 3.05) is 5.32 Å². The number of carbonyl (C=O) groups excluding carboxylic acids is 1. The number of hydrogen-bond donors (Lipinski definition) is 2. The van der Waals surface area contributed by atoms with Crippen LogP contribution in [0.4, 0.5) is 5.69 Å². The second-order valence-electron chi connectivity index (χ2n) is 7.06. The summed E-state index contributed by atoms with van der Waals surface area (Å²) in [5.41, 5.74) is 4.02. The fourth-order valence-electron chi connectivity index (χ4n) is 3.26. The second-order valence-corrected chi connectivity index (χ2v) is 8.67. The third-order valence-electron chi connectivity index (χ3n) is 4.68. The lowest BCUT2D eigenvalue weighted by Gasteiger charge is -2.07. The molecule has 1 fully saturated rings. The highest BCUT2D eigenvalue weighted by Gasteiger charge is 2.26. The van der Waals surface area contributed by atoms with E-state index in [-0.39, 0.29) is 11.3 Å². The Balaban J connectivity index is 1.76. The summed E-state index contributed by atoms with van der Waals surface area (Å²) in [5.74, 6) is -0.792. The Kier molecular flexibility index (Phi) is 5.40. The summed E-state index contributed by atoms with van der Waals surface area (Å²) in [4.78, 5) is 12.5. The number of carbonyl (C=O) groups is 1. The van der Waals surface area contributed by atoms with Crippen molar-refractivity contribution in [2.45, 2.75) is 38.5 Å². The van der Waals surface area contributed by atoms with Gasteiger partial charge in [-0.05, 0) is 62.1 Å². The molecule has 0 bridgehead atoms. The molecule has 0 atom stereocenters. The summed E-state index contributed by atoms with van der Waals surface area (Å²) in [7, 11) is -3.61. The van der Waals surface area contributed by atoms with Crippen LogP contribution < -0.4 is 10.5 Å². The molecule has 1 amide bonds. The molecule has 1 heterocycles. The monoisotopic (exact) mass is 398 g/mol. The quantitative estimate of drug-likeness (QED) is 0.574. The summed E-state index contributed by atoms with van der Waals surface area (Å²) in [6, 6.07) is 10.8. The summed E-state index contributed by atoms with van der Waals surface area (Å²) in [6.45, 7) is 4.02. The zero-order valence-corrected chi connectivity index (χ0v) is 16.6. The SMILES string of the molecule is Cc1cc(/C=C(\C#N)C(=O)Nc2ccc(CS(N)(=O)=O)cc2)c(C)n1C1CC1. The molecule has 28 heavy (non-hydrogen) atoms. The number of sulfonamides is 1. The van der Waals surface area contributed by atoms with Gasteiger partial charge in [0.15, 0.2) is 0 Å². The maximum absolute atomic E-state index is 12.5. The molecule has 2 aromatic rings. The molecule has 1 aliphatic rings. The fraction of sp³-hybridized carbons (Fsp3) is 0.300. The van der Waals surface area contributed by atoms with Gasteiger partial charge in [-0.2, -0.15) is 5.26 Å². The molecule has 1 aromatic heterocycles. The highest BCUT2D eigenvalue weighted by atomic mass is 32.2. The van der Waals surface area contributed by atoms with E-state index in [1.807, 2.05) is 26.0 Å². The van der Waals surface area contributed by atoms with E-state index in [4.69, 9.17) is 5.14 Å². The van der Waals surface area contributed by atoms with Gasteiger partial charge in [0, 0.05) is 23.1 Å². The first-order chi connectivity index (χ1) is 13.2. The number of benzene rings is 1. The number of nitrogens with one attached hydrogen (secondary N) is 1. The van der Waals surface area contributed by atoms with Crippen LogP contribution in [0, 0.1) is 25.2 Å². The molecular formula is C20H22N4O3S. The van der Waals surface area contributed by atoms with Crippen molar-refractivity contribution in [3.05, 3.63) is 58.4 Å². The molecule has 8 heteroatoms. The summed E-state index contributed by atoms with van der Waals surface area (Å²) < 4.78 is 24.5. The Morgan fingerprint density at radius 1 is 1.32 bits per heavy atom. The van der Waals surface area contributed by atoms with E-state index in [0.717, 1.165) is 29.8 Å². The Morgan fingerprint density at radius 2 is 1.96 bits per heavy atom. The third-order valence-corrected chi connectivity index (χ3v) is 5.42. The minimum absolute atomic E-state index is 0.00431. The highest BCUT2D eigenvalue weighted by Crippen LogP contribution is 2.38. The first-order valence-corrected chi connectivity index (χ1v) is 10.6. The number of nitriles is 1. The van der Waals surface area contributed by atoms with Gasteiger partial charge in [0.05, 0.1) is 5.75 Å². The van der Waals surface area contributed by atoms with Crippen LogP contribution in [0.1, 0.15) is 41.4 Å². The van der Waals surface area contributed by atoms with Crippen molar-refractivity contribution in [1.29, 1.82) is 5.26 Å². The van der Waals surface area contributed by atoms with Crippen molar-refractivity contribution >= 4 is 27.7 Å². The van der Waals surface area contributed by atoms with Crippen molar-refractivity contribution in [1.82, 2.24) is 4.57 Å². The molecule has 0 radical (unpaired) electrons. The normalized spacial score (nSPS) is 14.6. The Labute approximate surface area is 164 Å². The third kappa shape index (κ3) is 4.68.